The molecule has 25 heavy (non-hydrogen) atoms. The lowest BCUT2D eigenvalue weighted by Gasteiger charge is -2.39. The Morgan fingerprint density at radius 1 is 1.08 bits per heavy atom. The molecule has 0 unspecified atom stereocenters. The minimum absolute atomic E-state index is 0.0597. The van der Waals surface area contributed by atoms with Crippen LogP contribution >= 0.6 is 0 Å². The summed E-state index contributed by atoms with van der Waals surface area (Å²) >= 11 is 0. The molecule has 1 saturated carbocycles. The van der Waals surface area contributed by atoms with Crippen LogP contribution in [0.2, 0.25) is 0 Å². The SMILES string of the molecule is CCc1cccc(C)c1NC(=O)N1CCN(C2CCCCCC2)CC1. The summed E-state index contributed by atoms with van der Waals surface area (Å²) in [6, 6.07) is 7.04. The van der Waals surface area contributed by atoms with Gasteiger partial charge in [0, 0.05) is 37.9 Å². The first-order chi connectivity index (χ1) is 12.2. The molecule has 0 bridgehead atoms. The molecular formula is C21H33N3O. The van der Waals surface area contributed by atoms with E-state index in [-0.39, 0.29) is 6.03 Å². The van der Waals surface area contributed by atoms with E-state index in [4.69, 9.17) is 0 Å². The van der Waals surface area contributed by atoms with E-state index in [9.17, 15) is 4.79 Å². The molecule has 0 spiro atoms. The molecule has 3 rings (SSSR count). The van der Waals surface area contributed by atoms with E-state index in [1.807, 2.05) is 4.90 Å². The lowest BCUT2D eigenvalue weighted by Crippen LogP contribution is -2.52. The molecule has 1 N–H and O–H groups in total. The van der Waals surface area contributed by atoms with Crippen molar-refractivity contribution in [3.63, 3.8) is 0 Å². The van der Waals surface area contributed by atoms with Crippen LogP contribution in [0.5, 0.6) is 0 Å². The smallest absolute Gasteiger partial charge is 0.321 e. The largest absolute Gasteiger partial charge is 0.322 e. The Kier molecular flexibility index (Phi) is 6.35. The Morgan fingerprint density at radius 2 is 1.76 bits per heavy atom. The van der Waals surface area contributed by atoms with Gasteiger partial charge in [0.1, 0.15) is 0 Å². The number of benzene rings is 1. The van der Waals surface area contributed by atoms with Crippen LogP contribution in [-0.4, -0.2) is 48.1 Å². The van der Waals surface area contributed by atoms with Gasteiger partial charge in [0.05, 0.1) is 0 Å². The number of hydrogen-bond acceptors (Lipinski definition) is 2. The number of carbonyl (C=O) groups excluding carboxylic acids is 1. The van der Waals surface area contributed by atoms with Gasteiger partial charge in [-0.2, -0.15) is 0 Å². The first kappa shape index (κ1) is 18.2. The molecule has 0 radical (unpaired) electrons. The van der Waals surface area contributed by atoms with Crippen LogP contribution in [0.3, 0.4) is 0 Å². The number of nitrogens with zero attached hydrogens (tertiary/aromatic N) is 2. The van der Waals surface area contributed by atoms with Crippen molar-refractivity contribution in [2.24, 2.45) is 0 Å². The summed E-state index contributed by atoms with van der Waals surface area (Å²) in [5.41, 5.74) is 3.36. The summed E-state index contributed by atoms with van der Waals surface area (Å²) < 4.78 is 0. The van der Waals surface area contributed by atoms with E-state index in [0.717, 1.165) is 49.9 Å². The van der Waals surface area contributed by atoms with E-state index in [2.05, 4.69) is 42.3 Å². The molecule has 2 amide bonds. The van der Waals surface area contributed by atoms with Crippen LogP contribution < -0.4 is 5.32 Å². The van der Waals surface area contributed by atoms with Gasteiger partial charge in [0.15, 0.2) is 0 Å². The molecule has 0 atom stereocenters. The third kappa shape index (κ3) is 4.55. The van der Waals surface area contributed by atoms with E-state index in [1.165, 1.54) is 44.1 Å². The minimum Gasteiger partial charge on any atom is -0.322 e. The van der Waals surface area contributed by atoms with Crippen molar-refractivity contribution in [1.82, 2.24) is 9.80 Å². The molecular weight excluding hydrogens is 310 g/mol. The van der Waals surface area contributed by atoms with Crippen LogP contribution in [0, 0.1) is 6.92 Å². The predicted molar refractivity (Wildman–Crippen MR) is 104 cm³/mol. The van der Waals surface area contributed by atoms with Gasteiger partial charge < -0.3 is 10.2 Å². The first-order valence-corrected chi connectivity index (χ1v) is 10.1. The maximum atomic E-state index is 12.7. The Hall–Kier alpha value is -1.55. The quantitative estimate of drug-likeness (QED) is 0.824. The van der Waals surface area contributed by atoms with Gasteiger partial charge in [-0.25, -0.2) is 4.79 Å². The molecule has 1 heterocycles. The van der Waals surface area contributed by atoms with Crippen molar-refractivity contribution < 1.29 is 4.79 Å². The van der Waals surface area contributed by atoms with Crippen LogP contribution in [0.15, 0.2) is 18.2 Å². The van der Waals surface area contributed by atoms with Crippen molar-refractivity contribution in [3.05, 3.63) is 29.3 Å². The van der Waals surface area contributed by atoms with Gasteiger partial charge in [-0.3, -0.25) is 4.90 Å². The van der Waals surface area contributed by atoms with Gasteiger partial charge in [-0.15, -0.1) is 0 Å². The van der Waals surface area contributed by atoms with Crippen molar-refractivity contribution in [2.45, 2.75) is 64.8 Å². The van der Waals surface area contributed by atoms with Gasteiger partial charge in [-0.05, 0) is 37.3 Å². The fourth-order valence-electron chi connectivity index (χ4n) is 4.30. The molecule has 4 heteroatoms. The number of carbonyl (C=O) groups is 1. The van der Waals surface area contributed by atoms with Crippen LogP contribution in [-0.2, 0) is 6.42 Å². The number of rotatable bonds is 3. The highest BCUT2D eigenvalue weighted by molar-refractivity contribution is 5.91. The Balaban J connectivity index is 1.55. The van der Waals surface area contributed by atoms with Gasteiger partial charge >= 0.3 is 6.03 Å². The highest BCUT2D eigenvalue weighted by atomic mass is 16.2. The topological polar surface area (TPSA) is 35.6 Å². The number of hydrogen-bond donors (Lipinski definition) is 1. The third-order valence-electron chi connectivity index (χ3n) is 5.91. The van der Waals surface area contributed by atoms with Crippen LogP contribution in [0.4, 0.5) is 10.5 Å². The normalized spacial score (nSPS) is 20.3. The number of piperazine rings is 1. The van der Waals surface area contributed by atoms with E-state index in [1.54, 1.807) is 0 Å². The molecule has 138 valence electrons. The Bertz CT molecular complexity index is 571. The average Bonchev–Trinajstić information content (AvgIpc) is 2.93. The Labute approximate surface area is 152 Å². The molecule has 1 saturated heterocycles. The fraction of sp³-hybridized carbons (Fsp3) is 0.667. The lowest BCUT2D eigenvalue weighted by atomic mass is 10.1. The number of amides is 2. The monoisotopic (exact) mass is 343 g/mol. The summed E-state index contributed by atoms with van der Waals surface area (Å²) in [5, 5.41) is 3.17. The molecule has 4 nitrogen and oxygen atoms in total. The summed E-state index contributed by atoms with van der Waals surface area (Å²) in [7, 11) is 0. The summed E-state index contributed by atoms with van der Waals surface area (Å²) in [5.74, 6) is 0. The highest BCUT2D eigenvalue weighted by Crippen LogP contribution is 2.24. The molecule has 0 aromatic heterocycles. The molecule has 2 fully saturated rings. The lowest BCUT2D eigenvalue weighted by molar-refractivity contribution is 0.105. The zero-order valence-electron chi connectivity index (χ0n) is 15.9. The van der Waals surface area contributed by atoms with Gasteiger partial charge in [0.2, 0.25) is 0 Å². The number of urea groups is 1. The number of para-hydroxylation sites is 1. The second-order valence-electron chi connectivity index (χ2n) is 7.56. The van der Waals surface area contributed by atoms with E-state index in [0.29, 0.717) is 0 Å². The number of anilines is 1. The van der Waals surface area contributed by atoms with Crippen molar-refractivity contribution in [2.75, 3.05) is 31.5 Å². The zero-order chi connectivity index (χ0) is 17.6. The summed E-state index contributed by atoms with van der Waals surface area (Å²) in [6.07, 6.45) is 9.16. The molecule has 2 aliphatic rings. The maximum absolute atomic E-state index is 12.7. The standard InChI is InChI=1S/C21H33N3O/c1-3-18-10-8-9-17(2)20(18)22-21(25)24-15-13-23(14-16-24)19-11-6-4-5-7-12-19/h8-10,19H,3-7,11-16H2,1-2H3,(H,22,25). The predicted octanol–water partition coefficient (Wildman–Crippen LogP) is 4.43. The fourth-order valence-corrected chi connectivity index (χ4v) is 4.30. The number of nitrogens with one attached hydrogen (secondary N) is 1. The molecule has 1 aromatic rings. The second-order valence-corrected chi connectivity index (χ2v) is 7.56. The van der Waals surface area contributed by atoms with Crippen molar-refractivity contribution in [1.29, 1.82) is 0 Å². The molecule has 1 aliphatic heterocycles. The van der Waals surface area contributed by atoms with Crippen molar-refractivity contribution >= 4 is 11.7 Å². The third-order valence-corrected chi connectivity index (χ3v) is 5.91. The summed E-state index contributed by atoms with van der Waals surface area (Å²) in [4.78, 5) is 17.3. The van der Waals surface area contributed by atoms with Gasteiger partial charge in [0.25, 0.3) is 0 Å². The maximum Gasteiger partial charge on any atom is 0.321 e. The van der Waals surface area contributed by atoms with Crippen molar-refractivity contribution in [3.8, 4) is 0 Å². The van der Waals surface area contributed by atoms with Crippen LogP contribution in [0.25, 0.3) is 0 Å². The first-order valence-electron chi connectivity index (χ1n) is 10.1. The van der Waals surface area contributed by atoms with Crippen LogP contribution in [0.1, 0.15) is 56.6 Å². The van der Waals surface area contributed by atoms with E-state index >= 15 is 0 Å². The highest BCUT2D eigenvalue weighted by Gasteiger charge is 2.26. The second kappa shape index (κ2) is 8.70. The number of aryl methyl sites for hydroxylation is 2. The zero-order valence-corrected chi connectivity index (χ0v) is 15.9. The van der Waals surface area contributed by atoms with Gasteiger partial charge in [-0.1, -0.05) is 50.8 Å². The molecule has 1 aliphatic carbocycles. The molecule has 1 aromatic carbocycles. The average molecular weight is 344 g/mol. The Morgan fingerprint density at radius 3 is 2.40 bits per heavy atom. The summed E-state index contributed by atoms with van der Waals surface area (Å²) in [6.45, 7) is 7.93. The minimum atomic E-state index is 0.0597. The van der Waals surface area contributed by atoms with E-state index < -0.39 is 0 Å².